The van der Waals surface area contributed by atoms with E-state index in [9.17, 15) is 9.90 Å². The Balaban J connectivity index is 1.16. The Morgan fingerprint density at radius 1 is 1.07 bits per heavy atom. The molecule has 0 radical (unpaired) electrons. The first-order valence-electron chi connectivity index (χ1n) is 16.3. The van der Waals surface area contributed by atoms with Gasteiger partial charge >= 0.3 is 5.97 Å². The minimum absolute atomic E-state index is 0.0433. The maximum atomic E-state index is 10.9. The van der Waals surface area contributed by atoms with Crippen molar-refractivity contribution in [2.24, 2.45) is 23.7 Å². The summed E-state index contributed by atoms with van der Waals surface area (Å²) in [6, 6.07) is 0.500. The molecular weight excluding hydrogens is 516 g/mol. The van der Waals surface area contributed by atoms with Crippen LogP contribution in [-0.2, 0) is 4.79 Å². The van der Waals surface area contributed by atoms with Crippen LogP contribution in [0.2, 0.25) is 0 Å². The summed E-state index contributed by atoms with van der Waals surface area (Å²) >= 11 is 2.10. The zero-order valence-corrected chi connectivity index (χ0v) is 25.2. The highest BCUT2D eigenvalue weighted by atomic mass is 32.2. The minimum Gasteiger partial charge on any atom is -0.481 e. The van der Waals surface area contributed by atoms with Gasteiger partial charge in [0, 0.05) is 37.2 Å². The highest BCUT2D eigenvalue weighted by Gasteiger charge is 2.34. The molecule has 3 unspecified atom stereocenters. The molecule has 0 amide bonds. The number of aliphatic carboxylic acids is 1. The number of nitrogens with zero attached hydrogens (tertiary/aromatic N) is 1. The average molecular weight is 569 g/mol. The fourth-order valence-electron chi connectivity index (χ4n) is 7.58. The van der Waals surface area contributed by atoms with Crippen LogP contribution in [0.25, 0.3) is 0 Å². The van der Waals surface area contributed by atoms with Crippen molar-refractivity contribution in [3.63, 3.8) is 0 Å². The van der Waals surface area contributed by atoms with Crippen LogP contribution in [-0.4, -0.2) is 57.6 Å². The second-order valence-corrected chi connectivity index (χ2v) is 14.1. The smallest absolute Gasteiger partial charge is 0.303 e. The lowest BCUT2D eigenvalue weighted by atomic mass is 9.81. The molecule has 1 aliphatic heterocycles. The van der Waals surface area contributed by atoms with Crippen LogP contribution in [0, 0.1) is 23.7 Å². The summed E-state index contributed by atoms with van der Waals surface area (Å²) in [4.78, 5) is 13.7. The molecule has 1 saturated carbocycles. The van der Waals surface area contributed by atoms with Gasteiger partial charge in [0.1, 0.15) is 5.50 Å². The zero-order valence-electron chi connectivity index (χ0n) is 24.4. The van der Waals surface area contributed by atoms with Gasteiger partial charge in [-0.05, 0) is 81.1 Å². The fraction of sp³-hybridized carbons (Fsp3) is 0.735. The lowest BCUT2D eigenvalue weighted by Gasteiger charge is -2.35. The van der Waals surface area contributed by atoms with E-state index < -0.39 is 12.1 Å². The van der Waals surface area contributed by atoms with Gasteiger partial charge in [-0.25, -0.2) is 0 Å². The molecule has 40 heavy (non-hydrogen) atoms. The Bertz CT molecular complexity index is 953. The molecule has 0 bridgehead atoms. The van der Waals surface area contributed by atoms with Crippen molar-refractivity contribution in [2.45, 2.75) is 114 Å². The first kappa shape index (κ1) is 30.1. The lowest BCUT2D eigenvalue weighted by molar-refractivity contribution is -0.137. The molecule has 6 atom stereocenters. The topological polar surface area (TPSA) is 72.8 Å². The number of rotatable bonds is 12. The number of carboxylic acid groups (broad SMARTS) is 1. The molecule has 1 saturated heterocycles. The summed E-state index contributed by atoms with van der Waals surface area (Å²) in [6.07, 6.45) is 30.6. The van der Waals surface area contributed by atoms with Crippen LogP contribution in [0.3, 0.4) is 0 Å². The van der Waals surface area contributed by atoms with Gasteiger partial charge in [-0.15, -0.1) is 11.8 Å². The van der Waals surface area contributed by atoms with Gasteiger partial charge in [0.2, 0.25) is 0 Å². The summed E-state index contributed by atoms with van der Waals surface area (Å²) in [5, 5.41) is 23.5. The first-order chi connectivity index (χ1) is 19.5. The molecule has 4 aliphatic carbocycles. The number of nitrogens with one attached hydrogen (secondary N) is 1. The van der Waals surface area contributed by atoms with Crippen molar-refractivity contribution in [3.8, 4) is 0 Å². The van der Waals surface area contributed by atoms with E-state index in [1.165, 1.54) is 82.9 Å². The number of allylic oxidation sites excluding steroid dienone is 5. The van der Waals surface area contributed by atoms with E-state index in [2.05, 4.69) is 58.4 Å². The molecule has 0 spiro atoms. The summed E-state index contributed by atoms with van der Waals surface area (Å²) in [5.41, 5.74) is 3.58. The van der Waals surface area contributed by atoms with E-state index >= 15 is 0 Å². The molecule has 1 heterocycles. The molecule has 6 heteroatoms. The zero-order chi connectivity index (χ0) is 27.7. The number of aliphatic hydroxyl groups is 1. The standard InChI is InChI=1S/C34H52N2O3S/c37-32(19-20-33(38)39)30-13-11-26(12-14-30)23-36(22-21-25-7-3-1-4-8-25)34-35-31(24-40-34)29-17-15-28(16-18-29)27-9-5-2-6-10-27/h5,9-11,13,17,25-26,28,30-32,34-35,37H,1-4,6-8,12,14-16,18-24H2,(H,38,39)/t26?,28-,30?,31?,32-,34-/m0/s1. The summed E-state index contributed by atoms with van der Waals surface area (Å²) in [6.45, 7) is 2.23. The van der Waals surface area contributed by atoms with Gasteiger partial charge in [0.05, 0.1) is 6.10 Å². The van der Waals surface area contributed by atoms with Crippen molar-refractivity contribution in [3.05, 3.63) is 47.6 Å². The van der Waals surface area contributed by atoms with Crippen LogP contribution in [0.1, 0.15) is 96.3 Å². The van der Waals surface area contributed by atoms with Crippen molar-refractivity contribution < 1.29 is 15.0 Å². The van der Waals surface area contributed by atoms with Gasteiger partial charge in [-0.3, -0.25) is 15.0 Å². The molecule has 2 fully saturated rings. The Morgan fingerprint density at radius 2 is 1.95 bits per heavy atom. The van der Waals surface area contributed by atoms with Crippen LogP contribution in [0.15, 0.2) is 47.6 Å². The molecule has 5 nitrogen and oxygen atoms in total. The van der Waals surface area contributed by atoms with E-state index in [-0.39, 0.29) is 12.3 Å². The number of thioether (sulfide) groups is 1. The predicted octanol–water partition coefficient (Wildman–Crippen LogP) is 7.06. The van der Waals surface area contributed by atoms with Gasteiger partial charge in [0.25, 0.3) is 0 Å². The third kappa shape index (κ3) is 8.59. The third-order valence-electron chi connectivity index (χ3n) is 10.2. The van der Waals surface area contributed by atoms with Crippen LogP contribution < -0.4 is 5.32 Å². The molecule has 3 N–H and O–H groups in total. The van der Waals surface area contributed by atoms with Crippen LogP contribution >= 0.6 is 11.8 Å². The van der Waals surface area contributed by atoms with Gasteiger partial charge in [-0.1, -0.05) is 74.1 Å². The molecule has 222 valence electrons. The highest BCUT2D eigenvalue weighted by Crippen LogP contribution is 2.37. The van der Waals surface area contributed by atoms with E-state index in [0.717, 1.165) is 25.3 Å². The number of hydrogen-bond acceptors (Lipinski definition) is 5. The lowest BCUT2D eigenvalue weighted by Crippen LogP contribution is -2.46. The summed E-state index contributed by atoms with van der Waals surface area (Å²) < 4.78 is 0. The number of hydrogen-bond donors (Lipinski definition) is 3. The van der Waals surface area contributed by atoms with Gasteiger partial charge < -0.3 is 10.2 Å². The number of aliphatic hydroxyl groups excluding tert-OH is 1. The molecule has 5 aliphatic rings. The van der Waals surface area contributed by atoms with Crippen molar-refractivity contribution in [2.75, 3.05) is 18.8 Å². The first-order valence-corrected chi connectivity index (χ1v) is 17.4. The monoisotopic (exact) mass is 568 g/mol. The maximum Gasteiger partial charge on any atom is 0.303 e. The van der Waals surface area contributed by atoms with Crippen molar-refractivity contribution in [1.82, 2.24) is 10.2 Å². The Hall–Kier alpha value is -1.34. The Labute approximate surface area is 246 Å². The predicted molar refractivity (Wildman–Crippen MR) is 166 cm³/mol. The van der Waals surface area contributed by atoms with Crippen LogP contribution in [0.4, 0.5) is 0 Å². The van der Waals surface area contributed by atoms with E-state index in [0.29, 0.717) is 29.8 Å². The summed E-state index contributed by atoms with van der Waals surface area (Å²) in [7, 11) is 0. The largest absolute Gasteiger partial charge is 0.481 e. The number of carbonyl (C=O) groups is 1. The molecule has 5 rings (SSSR count). The summed E-state index contributed by atoms with van der Waals surface area (Å²) in [5.74, 6) is 2.53. The van der Waals surface area contributed by atoms with E-state index in [1.54, 1.807) is 11.1 Å². The SMILES string of the molecule is O=C(O)CC[C@H](O)C1C=CC(CN(CCC2CCCCC2)[C@@H]2NC(C3=CC[C@H](C4=CCCC=C4)CC3)CS2)CC1. The molecule has 0 aromatic heterocycles. The Morgan fingerprint density at radius 3 is 2.65 bits per heavy atom. The quantitative estimate of drug-likeness (QED) is 0.219. The fourth-order valence-corrected chi connectivity index (χ4v) is 8.93. The minimum atomic E-state index is -0.826. The van der Waals surface area contributed by atoms with E-state index in [1.807, 2.05) is 0 Å². The van der Waals surface area contributed by atoms with Gasteiger partial charge in [-0.2, -0.15) is 0 Å². The highest BCUT2D eigenvalue weighted by molar-refractivity contribution is 8.00. The number of carboxylic acids is 1. The second kappa shape index (κ2) is 15.2. The second-order valence-electron chi connectivity index (χ2n) is 13.0. The van der Waals surface area contributed by atoms with Crippen molar-refractivity contribution >= 4 is 17.7 Å². The normalized spacial score (nSPS) is 32.2. The molecular formula is C34H52N2O3S. The van der Waals surface area contributed by atoms with E-state index in [4.69, 9.17) is 5.11 Å². The maximum absolute atomic E-state index is 10.9. The van der Waals surface area contributed by atoms with Crippen LogP contribution in [0.5, 0.6) is 0 Å². The Kier molecular flexibility index (Phi) is 11.5. The molecule has 0 aromatic rings. The third-order valence-corrected chi connectivity index (χ3v) is 11.4. The molecule has 0 aromatic carbocycles. The van der Waals surface area contributed by atoms with Gasteiger partial charge in [0.15, 0.2) is 0 Å². The average Bonchev–Trinajstić information content (AvgIpc) is 3.50. The van der Waals surface area contributed by atoms with Crippen molar-refractivity contribution in [1.29, 1.82) is 0 Å².